The number of nitriles is 1. The smallest absolute Gasteiger partial charge is 0.101 e. The first-order valence-corrected chi connectivity index (χ1v) is 6.88. The maximum absolute atomic E-state index is 9.41. The quantitative estimate of drug-likeness (QED) is 0.906. The highest BCUT2D eigenvalue weighted by atomic mass is 15.2. The van der Waals surface area contributed by atoms with Crippen LogP contribution < -0.4 is 10.6 Å². The first-order chi connectivity index (χ1) is 9.78. The van der Waals surface area contributed by atoms with Crippen LogP contribution >= 0.6 is 0 Å². The molecule has 2 N–H and O–H groups in total. The summed E-state index contributed by atoms with van der Waals surface area (Å²) in [7, 11) is 0. The van der Waals surface area contributed by atoms with Gasteiger partial charge in [-0.15, -0.1) is 0 Å². The molecule has 1 heterocycles. The third-order valence-corrected chi connectivity index (χ3v) is 3.79. The third-order valence-electron chi connectivity index (χ3n) is 3.79. The Hall–Kier alpha value is -2.31. The van der Waals surface area contributed by atoms with Gasteiger partial charge in [-0.05, 0) is 29.7 Å². The molecule has 3 nitrogen and oxygen atoms in total. The second-order valence-electron chi connectivity index (χ2n) is 5.20. The van der Waals surface area contributed by atoms with Gasteiger partial charge in [-0.2, -0.15) is 5.26 Å². The van der Waals surface area contributed by atoms with E-state index in [9.17, 15) is 5.26 Å². The molecule has 1 saturated heterocycles. The second-order valence-corrected chi connectivity index (χ2v) is 5.20. The topological polar surface area (TPSA) is 53.0 Å². The van der Waals surface area contributed by atoms with Crippen molar-refractivity contribution < 1.29 is 0 Å². The van der Waals surface area contributed by atoms with Crippen molar-refractivity contribution in [2.45, 2.75) is 12.5 Å². The minimum absolute atomic E-state index is 0.218. The summed E-state index contributed by atoms with van der Waals surface area (Å²) >= 11 is 0. The Labute approximate surface area is 119 Å². The predicted octanol–water partition coefficient (Wildman–Crippen LogP) is 2.76. The van der Waals surface area contributed by atoms with Crippen LogP contribution in [0.25, 0.3) is 11.1 Å². The SMILES string of the molecule is N#Cc1cc(-c2ccccc2)ccc1N1CC[C@H](N)C1. The zero-order valence-corrected chi connectivity index (χ0v) is 11.3. The maximum Gasteiger partial charge on any atom is 0.101 e. The Morgan fingerprint density at radius 3 is 2.55 bits per heavy atom. The Morgan fingerprint density at radius 1 is 1.10 bits per heavy atom. The molecule has 2 aromatic rings. The summed E-state index contributed by atoms with van der Waals surface area (Å²) in [5, 5.41) is 9.41. The number of benzene rings is 2. The summed E-state index contributed by atoms with van der Waals surface area (Å²) in [6.45, 7) is 1.76. The number of nitrogens with two attached hydrogens (primary N) is 1. The van der Waals surface area contributed by atoms with Crippen molar-refractivity contribution in [1.82, 2.24) is 0 Å². The molecule has 1 atom stereocenters. The van der Waals surface area contributed by atoms with Gasteiger partial charge in [-0.25, -0.2) is 0 Å². The van der Waals surface area contributed by atoms with Gasteiger partial charge in [0, 0.05) is 19.1 Å². The molecule has 20 heavy (non-hydrogen) atoms. The zero-order valence-electron chi connectivity index (χ0n) is 11.3. The second kappa shape index (κ2) is 5.36. The van der Waals surface area contributed by atoms with Crippen molar-refractivity contribution in [2.24, 2.45) is 5.73 Å². The fourth-order valence-electron chi connectivity index (χ4n) is 2.72. The lowest BCUT2D eigenvalue weighted by Crippen LogP contribution is -2.26. The van der Waals surface area contributed by atoms with Gasteiger partial charge in [-0.1, -0.05) is 36.4 Å². The van der Waals surface area contributed by atoms with Crippen molar-refractivity contribution in [3.63, 3.8) is 0 Å². The average molecular weight is 263 g/mol. The highest BCUT2D eigenvalue weighted by Crippen LogP contribution is 2.29. The minimum atomic E-state index is 0.218. The first-order valence-electron chi connectivity index (χ1n) is 6.88. The molecule has 0 radical (unpaired) electrons. The van der Waals surface area contributed by atoms with Crippen molar-refractivity contribution in [3.8, 4) is 17.2 Å². The van der Waals surface area contributed by atoms with Crippen LogP contribution in [-0.4, -0.2) is 19.1 Å². The fourth-order valence-corrected chi connectivity index (χ4v) is 2.72. The summed E-state index contributed by atoms with van der Waals surface area (Å²) in [5.74, 6) is 0. The highest BCUT2D eigenvalue weighted by molar-refractivity contribution is 5.71. The molecule has 0 spiro atoms. The lowest BCUT2D eigenvalue weighted by molar-refractivity contribution is 0.752. The molecule has 1 aliphatic heterocycles. The molecule has 0 saturated carbocycles. The number of hydrogen-bond acceptors (Lipinski definition) is 3. The summed E-state index contributed by atoms with van der Waals surface area (Å²) < 4.78 is 0. The summed E-state index contributed by atoms with van der Waals surface area (Å²) in [6, 6.07) is 18.7. The number of hydrogen-bond donors (Lipinski definition) is 1. The molecule has 3 rings (SSSR count). The zero-order chi connectivity index (χ0) is 13.9. The van der Waals surface area contributed by atoms with Gasteiger partial charge in [0.2, 0.25) is 0 Å². The molecule has 1 aliphatic rings. The lowest BCUT2D eigenvalue weighted by atomic mass is 10.0. The number of anilines is 1. The van der Waals surface area contributed by atoms with Crippen LogP contribution in [0.1, 0.15) is 12.0 Å². The minimum Gasteiger partial charge on any atom is -0.369 e. The number of rotatable bonds is 2. The molecule has 2 aromatic carbocycles. The molecule has 3 heteroatoms. The van der Waals surface area contributed by atoms with E-state index in [4.69, 9.17) is 5.73 Å². The van der Waals surface area contributed by atoms with Gasteiger partial charge in [0.15, 0.2) is 0 Å². The molecular weight excluding hydrogens is 246 g/mol. The van der Waals surface area contributed by atoms with E-state index in [2.05, 4.69) is 29.2 Å². The van der Waals surface area contributed by atoms with Gasteiger partial charge in [-0.3, -0.25) is 0 Å². The van der Waals surface area contributed by atoms with Gasteiger partial charge in [0.1, 0.15) is 6.07 Å². The molecule has 0 aliphatic carbocycles. The number of nitrogens with zero attached hydrogens (tertiary/aromatic N) is 2. The van der Waals surface area contributed by atoms with E-state index >= 15 is 0 Å². The Bertz CT molecular complexity index is 643. The first kappa shape index (κ1) is 12.7. The highest BCUT2D eigenvalue weighted by Gasteiger charge is 2.21. The van der Waals surface area contributed by atoms with Crippen molar-refractivity contribution >= 4 is 5.69 Å². The summed E-state index contributed by atoms with van der Waals surface area (Å²) in [5.41, 5.74) is 9.88. The molecule has 100 valence electrons. The van der Waals surface area contributed by atoms with Gasteiger partial charge >= 0.3 is 0 Å². The predicted molar refractivity (Wildman–Crippen MR) is 81.4 cm³/mol. The van der Waals surface area contributed by atoms with Crippen molar-refractivity contribution in [2.75, 3.05) is 18.0 Å². The van der Waals surface area contributed by atoms with Crippen LogP contribution in [-0.2, 0) is 0 Å². The van der Waals surface area contributed by atoms with Gasteiger partial charge in [0.25, 0.3) is 0 Å². The van der Waals surface area contributed by atoms with E-state index in [0.717, 1.165) is 41.9 Å². The Balaban J connectivity index is 1.97. The van der Waals surface area contributed by atoms with Crippen molar-refractivity contribution in [1.29, 1.82) is 5.26 Å². The molecule has 1 fully saturated rings. The van der Waals surface area contributed by atoms with E-state index in [1.165, 1.54) is 0 Å². The summed E-state index contributed by atoms with van der Waals surface area (Å²) in [4.78, 5) is 2.21. The maximum atomic E-state index is 9.41. The van der Waals surface area contributed by atoms with Crippen molar-refractivity contribution in [3.05, 3.63) is 54.1 Å². The molecule has 0 unspecified atom stereocenters. The fraction of sp³-hybridized carbons (Fsp3) is 0.235. The molecule has 0 amide bonds. The van der Waals surface area contributed by atoms with E-state index in [-0.39, 0.29) is 6.04 Å². The average Bonchev–Trinajstić information content (AvgIpc) is 2.94. The van der Waals surface area contributed by atoms with Crippen LogP contribution in [0.2, 0.25) is 0 Å². The van der Waals surface area contributed by atoms with Crippen LogP contribution in [0, 0.1) is 11.3 Å². The van der Waals surface area contributed by atoms with E-state index in [0.29, 0.717) is 0 Å². The standard InChI is InChI=1S/C17H17N3/c18-11-15-10-14(13-4-2-1-3-5-13)6-7-17(15)20-9-8-16(19)12-20/h1-7,10,16H,8-9,12,19H2/t16-/m0/s1. The molecular formula is C17H17N3. The van der Waals surface area contributed by atoms with E-state index < -0.39 is 0 Å². The third kappa shape index (κ3) is 2.38. The van der Waals surface area contributed by atoms with Crippen LogP contribution in [0.3, 0.4) is 0 Å². The van der Waals surface area contributed by atoms with E-state index in [1.807, 2.05) is 30.3 Å². The Morgan fingerprint density at radius 2 is 1.90 bits per heavy atom. The van der Waals surface area contributed by atoms with Crippen LogP contribution in [0.4, 0.5) is 5.69 Å². The monoisotopic (exact) mass is 263 g/mol. The molecule has 0 aromatic heterocycles. The van der Waals surface area contributed by atoms with Crippen LogP contribution in [0.15, 0.2) is 48.5 Å². The van der Waals surface area contributed by atoms with Gasteiger partial charge < -0.3 is 10.6 Å². The van der Waals surface area contributed by atoms with E-state index in [1.54, 1.807) is 0 Å². The van der Waals surface area contributed by atoms with Gasteiger partial charge in [0.05, 0.1) is 11.3 Å². The Kier molecular flexibility index (Phi) is 3.41. The van der Waals surface area contributed by atoms with Crippen LogP contribution in [0.5, 0.6) is 0 Å². The molecule has 0 bridgehead atoms. The summed E-state index contributed by atoms with van der Waals surface area (Å²) in [6.07, 6.45) is 0.991. The lowest BCUT2D eigenvalue weighted by Gasteiger charge is -2.20. The normalized spacial score (nSPS) is 18.0. The largest absolute Gasteiger partial charge is 0.369 e.